The third kappa shape index (κ3) is 3.55. The number of aliphatic hydroxyl groups excluding tert-OH is 1. The molecule has 0 aliphatic heterocycles. The molecular weight excluding hydrogens is 284 g/mol. The van der Waals surface area contributed by atoms with E-state index in [0.717, 1.165) is 0 Å². The van der Waals surface area contributed by atoms with Gasteiger partial charge in [0.15, 0.2) is 11.5 Å². The average molecular weight is 303 g/mol. The predicted octanol–water partition coefficient (Wildman–Crippen LogP) is 2.89. The van der Waals surface area contributed by atoms with Crippen LogP contribution < -0.4 is 9.47 Å². The predicted molar refractivity (Wildman–Crippen MR) is 75.5 cm³/mol. The summed E-state index contributed by atoms with van der Waals surface area (Å²) in [6, 6.07) is 3.09. The van der Waals surface area contributed by atoms with Crippen LogP contribution in [0, 0.1) is 5.41 Å². The van der Waals surface area contributed by atoms with E-state index in [4.69, 9.17) is 26.2 Å². The van der Waals surface area contributed by atoms with Crippen molar-refractivity contribution in [2.24, 2.45) is 5.41 Å². The van der Waals surface area contributed by atoms with E-state index in [-0.39, 0.29) is 6.42 Å². The average Bonchev–Trinajstić information content (AvgIpc) is 2.37. The number of rotatable bonds is 6. The molecule has 0 aliphatic carbocycles. The Morgan fingerprint density at radius 2 is 1.80 bits per heavy atom. The van der Waals surface area contributed by atoms with E-state index in [1.165, 1.54) is 20.3 Å². The maximum atomic E-state index is 11.1. The monoisotopic (exact) mass is 302 g/mol. The standard InChI is InChI=1S/C14H19ClO5/c1-14(2,13(17)18)7-10(16)8-5-11(19-3)12(20-4)6-9(8)15/h5-6,10,16H,7H2,1-4H3,(H,17,18). The summed E-state index contributed by atoms with van der Waals surface area (Å²) in [5, 5.41) is 19.6. The van der Waals surface area contributed by atoms with Gasteiger partial charge in [-0.3, -0.25) is 4.79 Å². The highest BCUT2D eigenvalue weighted by Gasteiger charge is 2.31. The molecule has 0 radical (unpaired) electrons. The SMILES string of the molecule is COc1cc(Cl)c(C(O)CC(C)(C)C(=O)O)cc1OC. The van der Waals surface area contributed by atoms with Crippen molar-refractivity contribution < 1.29 is 24.5 Å². The highest BCUT2D eigenvalue weighted by Crippen LogP contribution is 2.39. The maximum absolute atomic E-state index is 11.1. The molecule has 1 unspecified atom stereocenters. The molecule has 2 N–H and O–H groups in total. The van der Waals surface area contributed by atoms with E-state index in [1.807, 2.05) is 0 Å². The van der Waals surface area contributed by atoms with Crippen LogP contribution in [0.2, 0.25) is 5.02 Å². The summed E-state index contributed by atoms with van der Waals surface area (Å²) in [7, 11) is 2.96. The Morgan fingerprint density at radius 1 is 1.30 bits per heavy atom. The molecule has 5 nitrogen and oxygen atoms in total. The molecule has 0 saturated heterocycles. The zero-order chi connectivity index (χ0) is 15.5. The van der Waals surface area contributed by atoms with Crippen molar-refractivity contribution in [2.45, 2.75) is 26.4 Å². The van der Waals surface area contributed by atoms with Crippen molar-refractivity contribution >= 4 is 17.6 Å². The molecule has 0 aliphatic rings. The van der Waals surface area contributed by atoms with Crippen LogP contribution in [-0.2, 0) is 4.79 Å². The minimum atomic E-state index is -1.06. The molecule has 0 spiro atoms. The molecule has 0 saturated carbocycles. The van der Waals surface area contributed by atoms with E-state index < -0.39 is 17.5 Å². The summed E-state index contributed by atoms with van der Waals surface area (Å²) in [6.45, 7) is 3.10. The van der Waals surface area contributed by atoms with Crippen molar-refractivity contribution in [3.8, 4) is 11.5 Å². The lowest BCUT2D eigenvalue weighted by Gasteiger charge is -2.24. The molecule has 6 heteroatoms. The third-order valence-electron chi connectivity index (χ3n) is 3.14. The molecule has 20 heavy (non-hydrogen) atoms. The summed E-state index contributed by atoms with van der Waals surface area (Å²) >= 11 is 6.10. The van der Waals surface area contributed by atoms with Crippen LogP contribution in [0.15, 0.2) is 12.1 Å². The van der Waals surface area contributed by atoms with Gasteiger partial charge < -0.3 is 19.7 Å². The van der Waals surface area contributed by atoms with Crippen LogP contribution >= 0.6 is 11.6 Å². The number of aliphatic carboxylic acids is 1. The Kier molecular flexibility index (Phi) is 5.25. The van der Waals surface area contributed by atoms with Gasteiger partial charge in [0.25, 0.3) is 0 Å². The summed E-state index contributed by atoms with van der Waals surface area (Å²) in [5.41, 5.74) is -0.644. The number of ether oxygens (including phenoxy) is 2. The van der Waals surface area contributed by atoms with Gasteiger partial charge in [-0.25, -0.2) is 0 Å². The fourth-order valence-electron chi connectivity index (χ4n) is 1.81. The number of carbonyl (C=O) groups is 1. The fraction of sp³-hybridized carbons (Fsp3) is 0.500. The Bertz CT molecular complexity index is 499. The highest BCUT2D eigenvalue weighted by atomic mass is 35.5. The Hall–Kier alpha value is -1.46. The fourth-order valence-corrected chi connectivity index (χ4v) is 2.09. The van der Waals surface area contributed by atoms with Gasteiger partial charge in [0.2, 0.25) is 0 Å². The molecule has 0 bridgehead atoms. The number of aliphatic hydroxyl groups is 1. The van der Waals surface area contributed by atoms with Gasteiger partial charge in [0, 0.05) is 11.6 Å². The second kappa shape index (κ2) is 6.33. The van der Waals surface area contributed by atoms with Crippen LogP contribution in [0.4, 0.5) is 0 Å². The van der Waals surface area contributed by atoms with Gasteiger partial charge in [0.05, 0.1) is 30.8 Å². The van der Waals surface area contributed by atoms with E-state index in [2.05, 4.69) is 0 Å². The molecule has 0 amide bonds. The summed E-state index contributed by atoms with van der Waals surface area (Å²) in [6.07, 6.45) is -0.967. The lowest BCUT2D eigenvalue weighted by Crippen LogP contribution is -2.26. The minimum Gasteiger partial charge on any atom is -0.493 e. The topological polar surface area (TPSA) is 76.0 Å². The number of carboxylic acid groups (broad SMARTS) is 1. The first kappa shape index (κ1) is 16.6. The largest absolute Gasteiger partial charge is 0.493 e. The molecule has 1 rings (SSSR count). The smallest absolute Gasteiger partial charge is 0.309 e. The number of hydrogen-bond donors (Lipinski definition) is 2. The Morgan fingerprint density at radius 3 is 2.25 bits per heavy atom. The summed E-state index contributed by atoms with van der Waals surface area (Å²) < 4.78 is 10.3. The Balaban J connectivity index is 3.10. The molecule has 0 aromatic heterocycles. The van der Waals surface area contributed by atoms with Gasteiger partial charge in [-0.15, -0.1) is 0 Å². The maximum Gasteiger partial charge on any atom is 0.309 e. The number of benzene rings is 1. The molecule has 0 fully saturated rings. The van der Waals surface area contributed by atoms with E-state index in [1.54, 1.807) is 19.9 Å². The first-order valence-corrected chi connectivity index (χ1v) is 6.43. The highest BCUT2D eigenvalue weighted by molar-refractivity contribution is 6.31. The Labute approximate surface area is 123 Å². The lowest BCUT2D eigenvalue weighted by molar-refractivity contribution is -0.148. The van der Waals surface area contributed by atoms with E-state index >= 15 is 0 Å². The summed E-state index contributed by atoms with van der Waals surface area (Å²) in [4.78, 5) is 11.1. The first-order chi connectivity index (χ1) is 9.22. The van der Waals surface area contributed by atoms with Gasteiger partial charge in [0.1, 0.15) is 0 Å². The molecule has 0 heterocycles. The quantitative estimate of drug-likeness (QED) is 0.845. The zero-order valence-electron chi connectivity index (χ0n) is 11.9. The van der Waals surface area contributed by atoms with Crippen LogP contribution in [0.5, 0.6) is 11.5 Å². The number of halogens is 1. The van der Waals surface area contributed by atoms with Crippen molar-refractivity contribution in [3.63, 3.8) is 0 Å². The molecule has 112 valence electrons. The summed E-state index contributed by atoms with van der Waals surface area (Å²) in [5.74, 6) is -0.0989. The van der Waals surface area contributed by atoms with Crippen molar-refractivity contribution in [1.82, 2.24) is 0 Å². The zero-order valence-corrected chi connectivity index (χ0v) is 12.7. The lowest BCUT2D eigenvalue weighted by atomic mass is 9.85. The van der Waals surface area contributed by atoms with Crippen molar-refractivity contribution in [1.29, 1.82) is 0 Å². The number of hydrogen-bond acceptors (Lipinski definition) is 4. The van der Waals surface area contributed by atoms with Gasteiger partial charge in [-0.2, -0.15) is 0 Å². The molecule has 1 aromatic rings. The van der Waals surface area contributed by atoms with Gasteiger partial charge in [-0.05, 0) is 26.3 Å². The molecule has 1 atom stereocenters. The second-order valence-electron chi connectivity index (χ2n) is 5.14. The third-order valence-corrected chi connectivity index (χ3v) is 3.47. The van der Waals surface area contributed by atoms with Gasteiger partial charge in [-0.1, -0.05) is 11.6 Å². The van der Waals surface area contributed by atoms with Crippen LogP contribution in [0.1, 0.15) is 31.9 Å². The number of methoxy groups -OCH3 is 2. The molecular formula is C14H19ClO5. The van der Waals surface area contributed by atoms with E-state index in [9.17, 15) is 9.90 Å². The second-order valence-corrected chi connectivity index (χ2v) is 5.54. The van der Waals surface area contributed by atoms with Crippen molar-refractivity contribution in [2.75, 3.05) is 14.2 Å². The minimum absolute atomic E-state index is 0.0392. The normalized spacial score (nSPS) is 12.9. The van der Waals surface area contributed by atoms with Crippen molar-refractivity contribution in [3.05, 3.63) is 22.7 Å². The molecule has 1 aromatic carbocycles. The van der Waals surface area contributed by atoms with Crippen LogP contribution in [-0.4, -0.2) is 30.4 Å². The van der Waals surface area contributed by atoms with E-state index in [0.29, 0.717) is 22.1 Å². The number of carboxylic acids is 1. The first-order valence-electron chi connectivity index (χ1n) is 6.05. The van der Waals surface area contributed by atoms with Crippen LogP contribution in [0.25, 0.3) is 0 Å². The van der Waals surface area contributed by atoms with Gasteiger partial charge >= 0.3 is 5.97 Å². The van der Waals surface area contributed by atoms with Crippen LogP contribution in [0.3, 0.4) is 0 Å².